The highest BCUT2D eigenvalue weighted by molar-refractivity contribution is 5.66. The number of aryl methyl sites for hydroxylation is 2. The monoisotopic (exact) mass is 255 g/mol. The molecule has 19 heavy (non-hydrogen) atoms. The summed E-state index contributed by atoms with van der Waals surface area (Å²) in [6, 6.07) is 10.4. The fraction of sp³-hybridized carbons (Fsp3) is 0.312. The van der Waals surface area contributed by atoms with E-state index in [1.807, 2.05) is 26.1 Å². The van der Waals surface area contributed by atoms with Crippen LogP contribution in [0.4, 0.5) is 11.5 Å². The summed E-state index contributed by atoms with van der Waals surface area (Å²) < 4.78 is 0. The third-order valence-electron chi connectivity index (χ3n) is 3.34. The number of hydrogen-bond donors (Lipinski definition) is 1. The second-order valence-electron chi connectivity index (χ2n) is 5.05. The minimum absolute atomic E-state index is 0.0306. The summed E-state index contributed by atoms with van der Waals surface area (Å²) in [6.45, 7) is 6.20. The maximum absolute atomic E-state index is 6.03. The molecule has 0 aliphatic carbocycles. The molecule has 0 radical (unpaired) electrons. The summed E-state index contributed by atoms with van der Waals surface area (Å²) in [6.07, 6.45) is 1.81. The molecule has 0 unspecified atom stereocenters. The average molecular weight is 255 g/mol. The lowest BCUT2D eigenvalue weighted by Crippen LogP contribution is -2.17. The Morgan fingerprint density at radius 2 is 1.95 bits per heavy atom. The summed E-state index contributed by atoms with van der Waals surface area (Å²) in [7, 11) is 2.03. The van der Waals surface area contributed by atoms with E-state index in [0.717, 1.165) is 17.1 Å². The van der Waals surface area contributed by atoms with E-state index in [1.54, 1.807) is 6.20 Å². The number of nitrogens with zero attached hydrogens (tertiary/aromatic N) is 2. The molecular weight excluding hydrogens is 234 g/mol. The van der Waals surface area contributed by atoms with Crippen LogP contribution in [-0.4, -0.2) is 12.0 Å². The largest absolute Gasteiger partial charge is 0.329 e. The van der Waals surface area contributed by atoms with Crippen LogP contribution in [0.5, 0.6) is 0 Å². The molecule has 0 saturated carbocycles. The second-order valence-corrected chi connectivity index (χ2v) is 5.05. The molecule has 0 fully saturated rings. The zero-order valence-electron chi connectivity index (χ0n) is 12.0. The first-order valence-corrected chi connectivity index (χ1v) is 6.52. The number of rotatable bonds is 3. The maximum atomic E-state index is 6.03. The van der Waals surface area contributed by atoms with E-state index in [4.69, 9.17) is 5.73 Å². The van der Waals surface area contributed by atoms with Crippen molar-refractivity contribution >= 4 is 11.5 Å². The maximum Gasteiger partial charge on any atom is 0.137 e. The first-order valence-electron chi connectivity index (χ1n) is 6.52. The number of aromatic nitrogens is 1. The Hall–Kier alpha value is -1.87. The van der Waals surface area contributed by atoms with Crippen LogP contribution >= 0.6 is 0 Å². The van der Waals surface area contributed by atoms with Crippen LogP contribution in [0.25, 0.3) is 0 Å². The zero-order valence-corrected chi connectivity index (χ0v) is 12.0. The molecule has 2 aromatic rings. The van der Waals surface area contributed by atoms with Gasteiger partial charge in [-0.3, -0.25) is 0 Å². The Kier molecular flexibility index (Phi) is 3.86. The van der Waals surface area contributed by atoms with E-state index >= 15 is 0 Å². The lowest BCUT2D eigenvalue weighted by molar-refractivity contribution is 0.807. The topological polar surface area (TPSA) is 42.2 Å². The molecule has 2 rings (SSSR count). The van der Waals surface area contributed by atoms with E-state index in [0.29, 0.717) is 0 Å². The summed E-state index contributed by atoms with van der Waals surface area (Å²) in [5.41, 5.74) is 10.8. The van der Waals surface area contributed by atoms with Gasteiger partial charge in [0, 0.05) is 30.5 Å². The van der Waals surface area contributed by atoms with Crippen molar-refractivity contribution in [3.8, 4) is 0 Å². The lowest BCUT2D eigenvalue weighted by Gasteiger charge is -2.24. The van der Waals surface area contributed by atoms with E-state index < -0.39 is 0 Å². The molecule has 1 atom stereocenters. The minimum Gasteiger partial charge on any atom is -0.329 e. The first-order chi connectivity index (χ1) is 9.00. The molecule has 0 saturated heterocycles. The molecule has 100 valence electrons. The van der Waals surface area contributed by atoms with Gasteiger partial charge in [-0.15, -0.1) is 0 Å². The van der Waals surface area contributed by atoms with Gasteiger partial charge in [0.2, 0.25) is 0 Å². The van der Waals surface area contributed by atoms with Crippen LogP contribution < -0.4 is 10.6 Å². The Balaban J connectivity index is 2.47. The van der Waals surface area contributed by atoms with Gasteiger partial charge in [-0.1, -0.05) is 23.8 Å². The van der Waals surface area contributed by atoms with Gasteiger partial charge in [0.1, 0.15) is 5.82 Å². The van der Waals surface area contributed by atoms with Crippen LogP contribution in [0.1, 0.15) is 29.7 Å². The van der Waals surface area contributed by atoms with Crippen LogP contribution in [0.15, 0.2) is 36.5 Å². The molecule has 3 nitrogen and oxygen atoms in total. The van der Waals surface area contributed by atoms with Crippen molar-refractivity contribution < 1.29 is 0 Å². The van der Waals surface area contributed by atoms with E-state index in [9.17, 15) is 0 Å². The van der Waals surface area contributed by atoms with E-state index in [1.165, 1.54) is 11.1 Å². The molecule has 0 amide bonds. The van der Waals surface area contributed by atoms with Crippen molar-refractivity contribution in [1.82, 2.24) is 4.98 Å². The van der Waals surface area contributed by atoms with Crippen molar-refractivity contribution in [2.24, 2.45) is 5.73 Å². The highest BCUT2D eigenvalue weighted by Crippen LogP contribution is 2.30. The number of anilines is 2. The van der Waals surface area contributed by atoms with Crippen molar-refractivity contribution in [3.05, 3.63) is 53.2 Å². The molecule has 3 heteroatoms. The highest BCUT2D eigenvalue weighted by atomic mass is 15.2. The van der Waals surface area contributed by atoms with Gasteiger partial charge < -0.3 is 10.6 Å². The summed E-state index contributed by atoms with van der Waals surface area (Å²) in [5, 5.41) is 0. The molecule has 0 spiro atoms. The van der Waals surface area contributed by atoms with Gasteiger partial charge in [-0.25, -0.2) is 4.98 Å². The summed E-state index contributed by atoms with van der Waals surface area (Å²) in [4.78, 5) is 6.59. The number of benzene rings is 1. The van der Waals surface area contributed by atoms with Gasteiger partial charge in [-0.05, 0) is 38.5 Å². The van der Waals surface area contributed by atoms with Crippen LogP contribution in [0, 0.1) is 13.8 Å². The quantitative estimate of drug-likeness (QED) is 0.913. The predicted molar refractivity (Wildman–Crippen MR) is 80.8 cm³/mol. The summed E-state index contributed by atoms with van der Waals surface area (Å²) >= 11 is 0. The lowest BCUT2D eigenvalue weighted by atomic mass is 10.1. The Bertz CT molecular complexity index is 576. The third kappa shape index (κ3) is 2.76. The number of nitrogens with two attached hydrogens (primary N) is 1. The normalized spacial score (nSPS) is 12.3. The summed E-state index contributed by atoms with van der Waals surface area (Å²) in [5.74, 6) is 0.921. The van der Waals surface area contributed by atoms with E-state index in [2.05, 4.69) is 41.9 Å². The fourth-order valence-electron chi connectivity index (χ4n) is 2.34. The van der Waals surface area contributed by atoms with E-state index in [-0.39, 0.29) is 6.04 Å². The molecule has 1 heterocycles. The second kappa shape index (κ2) is 5.41. The third-order valence-corrected chi connectivity index (χ3v) is 3.34. The number of hydrogen-bond acceptors (Lipinski definition) is 3. The van der Waals surface area contributed by atoms with Crippen molar-refractivity contribution in [2.45, 2.75) is 26.8 Å². The smallest absolute Gasteiger partial charge is 0.137 e. The first kappa shape index (κ1) is 13.6. The minimum atomic E-state index is -0.0306. The molecule has 1 aromatic heterocycles. The molecular formula is C16H21N3. The van der Waals surface area contributed by atoms with Gasteiger partial charge >= 0.3 is 0 Å². The Morgan fingerprint density at radius 3 is 2.58 bits per heavy atom. The molecule has 0 bridgehead atoms. The van der Waals surface area contributed by atoms with Crippen molar-refractivity contribution in [1.29, 1.82) is 0 Å². The fourth-order valence-corrected chi connectivity index (χ4v) is 2.34. The zero-order chi connectivity index (χ0) is 14.0. The van der Waals surface area contributed by atoms with Crippen molar-refractivity contribution in [2.75, 3.05) is 11.9 Å². The Morgan fingerprint density at radius 1 is 1.21 bits per heavy atom. The molecule has 0 aliphatic rings. The van der Waals surface area contributed by atoms with Gasteiger partial charge in [0.15, 0.2) is 0 Å². The average Bonchev–Trinajstić information content (AvgIpc) is 2.38. The molecule has 1 aromatic carbocycles. The van der Waals surface area contributed by atoms with Gasteiger partial charge in [0.05, 0.1) is 0 Å². The van der Waals surface area contributed by atoms with Gasteiger partial charge in [0.25, 0.3) is 0 Å². The predicted octanol–water partition coefficient (Wildman–Crippen LogP) is 3.49. The SMILES string of the molecule is Cc1ccc(N(C)c2ncccc2[C@@H](C)N)c(C)c1. The molecule has 0 aliphatic heterocycles. The van der Waals surface area contributed by atoms with Crippen LogP contribution in [0.3, 0.4) is 0 Å². The Labute approximate surface area is 115 Å². The van der Waals surface area contributed by atoms with Crippen LogP contribution in [0.2, 0.25) is 0 Å². The number of pyridine rings is 1. The van der Waals surface area contributed by atoms with Crippen LogP contribution in [-0.2, 0) is 0 Å². The highest BCUT2D eigenvalue weighted by Gasteiger charge is 2.14. The standard InChI is InChI=1S/C16H21N3/c1-11-7-8-15(12(2)10-11)19(4)16-14(13(3)17)6-5-9-18-16/h5-10,13H,17H2,1-4H3/t13-/m1/s1. The molecule has 2 N–H and O–H groups in total. The van der Waals surface area contributed by atoms with Gasteiger partial charge in [-0.2, -0.15) is 0 Å². The van der Waals surface area contributed by atoms with Crippen molar-refractivity contribution in [3.63, 3.8) is 0 Å².